The maximum absolute atomic E-state index is 13.0. The molecular formula is C22H22N6O2S. The molecule has 2 aromatic heterocycles. The zero-order chi connectivity index (χ0) is 21.2. The minimum absolute atomic E-state index is 0.0774. The van der Waals surface area contributed by atoms with Gasteiger partial charge in [0.2, 0.25) is 11.1 Å². The molecule has 0 radical (unpaired) electrons. The monoisotopic (exact) mass is 434 g/mol. The fraction of sp³-hybridized carbons (Fsp3) is 0.273. The van der Waals surface area contributed by atoms with Crippen molar-refractivity contribution in [3.63, 3.8) is 0 Å². The van der Waals surface area contributed by atoms with Crippen molar-refractivity contribution < 1.29 is 9.53 Å². The number of aromatic amines is 1. The van der Waals surface area contributed by atoms with Gasteiger partial charge in [0.1, 0.15) is 11.4 Å². The molecule has 5 rings (SSSR count). The Kier molecular flexibility index (Phi) is 5.33. The van der Waals surface area contributed by atoms with Gasteiger partial charge in [0.05, 0.1) is 12.4 Å². The van der Waals surface area contributed by atoms with Crippen LogP contribution in [0.25, 0.3) is 16.6 Å². The summed E-state index contributed by atoms with van der Waals surface area (Å²) in [4.78, 5) is 18.4. The number of para-hydroxylation sites is 3. The molecule has 4 aromatic rings. The van der Waals surface area contributed by atoms with Crippen LogP contribution in [0.1, 0.15) is 18.2 Å². The molecule has 1 amide bonds. The number of thioether (sulfide) groups is 1. The van der Waals surface area contributed by atoms with Crippen LogP contribution in [0.4, 0.5) is 0 Å². The van der Waals surface area contributed by atoms with E-state index >= 15 is 0 Å². The molecule has 3 heterocycles. The second kappa shape index (κ2) is 8.43. The third-order valence-electron chi connectivity index (χ3n) is 5.39. The van der Waals surface area contributed by atoms with Crippen LogP contribution in [-0.4, -0.2) is 54.9 Å². The first kappa shape index (κ1) is 19.6. The molecule has 0 saturated heterocycles. The van der Waals surface area contributed by atoms with Gasteiger partial charge in [0.25, 0.3) is 0 Å². The number of aromatic nitrogens is 5. The van der Waals surface area contributed by atoms with Gasteiger partial charge in [-0.15, -0.1) is 5.10 Å². The van der Waals surface area contributed by atoms with E-state index in [0.29, 0.717) is 30.6 Å². The summed E-state index contributed by atoms with van der Waals surface area (Å²) in [7, 11) is 0. The lowest BCUT2D eigenvalue weighted by Gasteiger charge is -2.27. The van der Waals surface area contributed by atoms with Gasteiger partial charge in [-0.3, -0.25) is 4.79 Å². The maximum atomic E-state index is 13.0. The van der Waals surface area contributed by atoms with Crippen LogP contribution in [-0.2, 0) is 17.8 Å². The summed E-state index contributed by atoms with van der Waals surface area (Å²) in [5.41, 5.74) is 4.33. The molecular weight excluding hydrogens is 412 g/mol. The average Bonchev–Trinajstić information content (AvgIpc) is 3.42. The highest BCUT2D eigenvalue weighted by Crippen LogP contribution is 2.29. The van der Waals surface area contributed by atoms with Gasteiger partial charge in [-0.05, 0) is 35.5 Å². The summed E-state index contributed by atoms with van der Waals surface area (Å²) in [5, 5.41) is 13.8. The van der Waals surface area contributed by atoms with E-state index in [1.165, 1.54) is 28.4 Å². The second-order valence-corrected chi connectivity index (χ2v) is 8.20. The Morgan fingerprint density at radius 2 is 2.03 bits per heavy atom. The Labute approximate surface area is 183 Å². The SMILES string of the molecule is CCOc1ccccc1-n1nnnc1SCC(=O)N1CCc2[nH]c3ccccc3c2C1. The number of ether oxygens (including phenoxy) is 1. The lowest BCUT2D eigenvalue weighted by molar-refractivity contribution is -0.129. The predicted octanol–water partition coefficient (Wildman–Crippen LogP) is 3.22. The normalized spacial score (nSPS) is 13.4. The Morgan fingerprint density at radius 1 is 1.19 bits per heavy atom. The zero-order valence-corrected chi connectivity index (χ0v) is 17.9. The van der Waals surface area contributed by atoms with Crippen LogP contribution < -0.4 is 4.74 Å². The highest BCUT2D eigenvalue weighted by Gasteiger charge is 2.24. The summed E-state index contributed by atoms with van der Waals surface area (Å²) in [6, 6.07) is 15.8. The number of nitrogens with zero attached hydrogens (tertiary/aromatic N) is 5. The molecule has 9 heteroatoms. The predicted molar refractivity (Wildman–Crippen MR) is 118 cm³/mol. The van der Waals surface area contributed by atoms with E-state index in [1.54, 1.807) is 4.68 Å². The summed E-state index contributed by atoms with van der Waals surface area (Å²) in [6.07, 6.45) is 0.833. The molecule has 31 heavy (non-hydrogen) atoms. The first-order chi connectivity index (χ1) is 15.2. The van der Waals surface area contributed by atoms with Crippen LogP contribution in [0.5, 0.6) is 5.75 Å². The van der Waals surface area contributed by atoms with Gasteiger partial charge in [-0.25, -0.2) is 0 Å². The lowest BCUT2D eigenvalue weighted by atomic mass is 10.0. The van der Waals surface area contributed by atoms with E-state index in [1.807, 2.05) is 48.2 Å². The van der Waals surface area contributed by atoms with Crippen molar-refractivity contribution in [2.45, 2.75) is 25.0 Å². The molecule has 158 valence electrons. The van der Waals surface area contributed by atoms with E-state index in [4.69, 9.17) is 4.74 Å². The van der Waals surface area contributed by atoms with Crippen LogP contribution in [0.3, 0.4) is 0 Å². The topological polar surface area (TPSA) is 88.9 Å². The van der Waals surface area contributed by atoms with E-state index in [-0.39, 0.29) is 11.7 Å². The summed E-state index contributed by atoms with van der Waals surface area (Å²) in [6.45, 7) is 3.81. The number of rotatable bonds is 6. The van der Waals surface area contributed by atoms with Crippen molar-refractivity contribution in [2.24, 2.45) is 0 Å². The van der Waals surface area contributed by atoms with Crippen molar-refractivity contribution in [1.82, 2.24) is 30.1 Å². The molecule has 8 nitrogen and oxygen atoms in total. The quantitative estimate of drug-likeness (QED) is 0.469. The van der Waals surface area contributed by atoms with Crippen molar-refractivity contribution in [3.05, 3.63) is 59.8 Å². The number of hydrogen-bond acceptors (Lipinski definition) is 6. The number of carbonyl (C=O) groups excluding carboxylic acids is 1. The molecule has 0 atom stereocenters. The number of hydrogen-bond donors (Lipinski definition) is 1. The Bertz CT molecular complexity index is 1230. The van der Waals surface area contributed by atoms with Crippen molar-refractivity contribution in [1.29, 1.82) is 0 Å². The number of nitrogens with one attached hydrogen (secondary N) is 1. The van der Waals surface area contributed by atoms with Gasteiger partial charge in [-0.2, -0.15) is 4.68 Å². The number of benzene rings is 2. The number of fused-ring (bicyclic) bond motifs is 3. The number of amides is 1. The highest BCUT2D eigenvalue weighted by atomic mass is 32.2. The minimum Gasteiger partial charge on any atom is -0.492 e. The largest absolute Gasteiger partial charge is 0.492 e. The first-order valence-electron chi connectivity index (χ1n) is 10.2. The van der Waals surface area contributed by atoms with Crippen LogP contribution in [0.2, 0.25) is 0 Å². The van der Waals surface area contributed by atoms with E-state index in [9.17, 15) is 4.79 Å². The molecule has 0 spiro atoms. The smallest absolute Gasteiger partial charge is 0.233 e. The van der Waals surface area contributed by atoms with E-state index in [2.05, 4.69) is 32.6 Å². The van der Waals surface area contributed by atoms with Gasteiger partial charge in [-0.1, -0.05) is 42.1 Å². The Morgan fingerprint density at radius 3 is 2.94 bits per heavy atom. The van der Waals surface area contributed by atoms with Crippen molar-refractivity contribution >= 4 is 28.6 Å². The second-order valence-electron chi connectivity index (χ2n) is 7.26. The fourth-order valence-electron chi connectivity index (χ4n) is 3.93. The maximum Gasteiger partial charge on any atom is 0.233 e. The molecule has 1 N–H and O–H groups in total. The van der Waals surface area contributed by atoms with Crippen LogP contribution >= 0.6 is 11.8 Å². The molecule has 2 aromatic carbocycles. The van der Waals surface area contributed by atoms with E-state index < -0.39 is 0 Å². The summed E-state index contributed by atoms with van der Waals surface area (Å²) >= 11 is 1.34. The van der Waals surface area contributed by atoms with Gasteiger partial charge in [0.15, 0.2) is 0 Å². The third kappa shape index (κ3) is 3.76. The fourth-order valence-corrected chi connectivity index (χ4v) is 4.71. The lowest BCUT2D eigenvalue weighted by Crippen LogP contribution is -2.36. The molecule has 0 saturated carbocycles. The molecule has 0 aliphatic carbocycles. The molecule has 0 bridgehead atoms. The third-order valence-corrected chi connectivity index (χ3v) is 6.30. The number of H-pyrrole nitrogens is 1. The number of carbonyl (C=O) groups is 1. The van der Waals surface area contributed by atoms with Crippen molar-refractivity contribution in [2.75, 3.05) is 18.9 Å². The standard InChI is InChI=1S/C22H22N6O2S/c1-2-30-20-10-6-5-9-19(20)28-22(24-25-26-28)31-14-21(29)27-12-11-18-16(13-27)15-7-3-4-8-17(15)23-18/h3-10,23H,2,11-14H2,1H3. The average molecular weight is 435 g/mol. The van der Waals surface area contributed by atoms with Crippen LogP contribution in [0.15, 0.2) is 53.7 Å². The molecule has 0 unspecified atom stereocenters. The first-order valence-corrected chi connectivity index (χ1v) is 11.2. The summed E-state index contributed by atoms with van der Waals surface area (Å²) in [5.74, 6) is 1.05. The van der Waals surface area contributed by atoms with Gasteiger partial charge >= 0.3 is 0 Å². The van der Waals surface area contributed by atoms with Crippen LogP contribution in [0, 0.1) is 0 Å². The molecule has 1 aliphatic heterocycles. The van der Waals surface area contributed by atoms with Gasteiger partial charge in [0, 0.05) is 41.7 Å². The molecule has 0 fully saturated rings. The Balaban J connectivity index is 1.30. The highest BCUT2D eigenvalue weighted by molar-refractivity contribution is 7.99. The zero-order valence-electron chi connectivity index (χ0n) is 17.1. The Hall–Kier alpha value is -3.33. The van der Waals surface area contributed by atoms with E-state index in [0.717, 1.165) is 17.6 Å². The van der Waals surface area contributed by atoms with Crippen molar-refractivity contribution in [3.8, 4) is 11.4 Å². The van der Waals surface area contributed by atoms with Gasteiger partial charge < -0.3 is 14.6 Å². The molecule has 1 aliphatic rings. The minimum atomic E-state index is 0.0774. The number of tetrazole rings is 1. The summed E-state index contributed by atoms with van der Waals surface area (Å²) < 4.78 is 7.32.